The molecule has 0 radical (unpaired) electrons. The van der Waals surface area contributed by atoms with Crippen LogP contribution in [0.4, 0.5) is 4.39 Å². The highest BCUT2D eigenvalue weighted by molar-refractivity contribution is 6.03. The second-order valence-corrected chi connectivity index (χ2v) is 8.08. The predicted octanol–water partition coefficient (Wildman–Crippen LogP) is 3.93. The van der Waals surface area contributed by atoms with Crippen molar-refractivity contribution < 1.29 is 37.6 Å². The van der Waals surface area contributed by atoms with Gasteiger partial charge in [-0.25, -0.2) is 9.40 Å². The van der Waals surface area contributed by atoms with Crippen LogP contribution in [0.1, 0.15) is 35.7 Å². The Bertz CT molecular complexity index is 1050. The van der Waals surface area contributed by atoms with Crippen molar-refractivity contribution in [2.45, 2.75) is 19.8 Å². The Balaban J connectivity index is 1.57. The zero-order valence-electron chi connectivity index (χ0n) is 21.7. The third-order valence-corrected chi connectivity index (χ3v) is 5.53. The Morgan fingerprint density at radius 2 is 1.70 bits per heavy atom. The van der Waals surface area contributed by atoms with Gasteiger partial charge in [-0.1, -0.05) is 0 Å². The molecular formula is C27H35FN2O7. The molecule has 2 aromatic rings. The van der Waals surface area contributed by atoms with E-state index in [-0.39, 0.29) is 12.2 Å². The lowest BCUT2D eigenvalue weighted by molar-refractivity contribution is 0.0179. The first-order chi connectivity index (χ1) is 18.1. The van der Waals surface area contributed by atoms with Gasteiger partial charge in [0.2, 0.25) is 0 Å². The molecule has 0 saturated heterocycles. The van der Waals surface area contributed by atoms with E-state index in [4.69, 9.17) is 28.4 Å². The van der Waals surface area contributed by atoms with Crippen LogP contribution in [0.2, 0.25) is 0 Å². The number of amides is 1. The molecule has 0 aliphatic carbocycles. The Morgan fingerprint density at radius 3 is 2.41 bits per heavy atom. The molecule has 1 amide bonds. The fourth-order valence-corrected chi connectivity index (χ4v) is 3.70. The molecule has 0 spiro atoms. The maximum atomic E-state index is 14.8. The van der Waals surface area contributed by atoms with Crippen molar-refractivity contribution in [1.82, 2.24) is 5.01 Å². The lowest BCUT2D eigenvalue weighted by Gasteiger charge is -2.24. The lowest BCUT2D eigenvalue weighted by Crippen LogP contribution is -2.32. The molecule has 3 rings (SSSR count). The lowest BCUT2D eigenvalue weighted by atomic mass is 10.0. The van der Waals surface area contributed by atoms with E-state index >= 15 is 0 Å². The van der Waals surface area contributed by atoms with Crippen LogP contribution in [0.15, 0.2) is 41.5 Å². The van der Waals surface area contributed by atoms with E-state index in [1.807, 2.05) is 25.1 Å². The quantitative estimate of drug-likeness (QED) is 0.330. The van der Waals surface area contributed by atoms with E-state index in [0.29, 0.717) is 76.3 Å². The van der Waals surface area contributed by atoms with Gasteiger partial charge < -0.3 is 28.4 Å². The molecule has 0 fully saturated rings. The minimum atomic E-state index is -0.666. The minimum absolute atomic E-state index is 0.0634. The number of hydrogen-bond acceptors (Lipinski definition) is 8. The highest BCUT2D eigenvalue weighted by Gasteiger charge is 2.24. The monoisotopic (exact) mass is 518 g/mol. The molecule has 1 heterocycles. The molecule has 2 aromatic carbocycles. The molecule has 202 valence electrons. The molecule has 1 aliphatic heterocycles. The van der Waals surface area contributed by atoms with Crippen LogP contribution < -0.4 is 14.2 Å². The highest BCUT2D eigenvalue weighted by atomic mass is 19.1. The molecule has 0 atom stereocenters. The van der Waals surface area contributed by atoms with Gasteiger partial charge in [-0.05, 0) is 50.1 Å². The number of halogens is 1. The van der Waals surface area contributed by atoms with E-state index < -0.39 is 11.7 Å². The average molecular weight is 519 g/mol. The van der Waals surface area contributed by atoms with Crippen LogP contribution in [-0.2, 0) is 14.2 Å². The van der Waals surface area contributed by atoms with Crippen molar-refractivity contribution in [2.24, 2.45) is 5.10 Å². The fourth-order valence-electron chi connectivity index (χ4n) is 3.70. The van der Waals surface area contributed by atoms with Crippen LogP contribution in [0, 0.1) is 5.82 Å². The zero-order valence-corrected chi connectivity index (χ0v) is 21.7. The Kier molecular flexibility index (Phi) is 11.6. The van der Waals surface area contributed by atoms with Gasteiger partial charge >= 0.3 is 0 Å². The van der Waals surface area contributed by atoms with Crippen LogP contribution in [0.5, 0.6) is 17.2 Å². The average Bonchev–Trinajstić information content (AvgIpc) is 2.92. The highest BCUT2D eigenvalue weighted by Crippen LogP contribution is 2.30. The first kappa shape index (κ1) is 28.4. The van der Waals surface area contributed by atoms with Gasteiger partial charge in [0.15, 0.2) is 11.5 Å². The van der Waals surface area contributed by atoms with Gasteiger partial charge in [0.05, 0.1) is 58.0 Å². The minimum Gasteiger partial charge on any atom is -0.493 e. The number of carbonyl (C=O) groups is 1. The van der Waals surface area contributed by atoms with Crippen LogP contribution >= 0.6 is 0 Å². The summed E-state index contributed by atoms with van der Waals surface area (Å²) in [5.41, 5.74) is 1.49. The summed E-state index contributed by atoms with van der Waals surface area (Å²) in [4.78, 5) is 13.1. The maximum absolute atomic E-state index is 14.8. The number of methoxy groups -OCH3 is 2. The van der Waals surface area contributed by atoms with Gasteiger partial charge in [-0.2, -0.15) is 5.10 Å². The third kappa shape index (κ3) is 8.41. The first-order valence-corrected chi connectivity index (χ1v) is 12.3. The number of rotatable bonds is 15. The van der Waals surface area contributed by atoms with Crippen LogP contribution in [-0.4, -0.2) is 83.6 Å². The van der Waals surface area contributed by atoms with Gasteiger partial charge in [0, 0.05) is 25.3 Å². The summed E-state index contributed by atoms with van der Waals surface area (Å²) in [6, 6.07) is 9.72. The Morgan fingerprint density at radius 1 is 0.946 bits per heavy atom. The third-order valence-electron chi connectivity index (χ3n) is 5.53. The Hall–Kier alpha value is -3.21. The maximum Gasteiger partial charge on any atom is 0.276 e. The molecule has 10 heteroatoms. The summed E-state index contributed by atoms with van der Waals surface area (Å²) in [5, 5.41) is 5.83. The van der Waals surface area contributed by atoms with Crippen molar-refractivity contribution in [2.75, 3.05) is 67.0 Å². The van der Waals surface area contributed by atoms with Gasteiger partial charge in [0.25, 0.3) is 5.91 Å². The second-order valence-electron chi connectivity index (χ2n) is 8.08. The molecule has 37 heavy (non-hydrogen) atoms. The van der Waals surface area contributed by atoms with Crippen molar-refractivity contribution in [1.29, 1.82) is 0 Å². The first-order valence-electron chi connectivity index (χ1n) is 12.3. The summed E-state index contributed by atoms with van der Waals surface area (Å²) in [7, 11) is 3.19. The van der Waals surface area contributed by atoms with Crippen molar-refractivity contribution >= 4 is 11.6 Å². The van der Waals surface area contributed by atoms with Gasteiger partial charge in [-0.15, -0.1) is 0 Å². The van der Waals surface area contributed by atoms with Crippen LogP contribution in [0.3, 0.4) is 0 Å². The number of hydrazone groups is 1. The van der Waals surface area contributed by atoms with Crippen molar-refractivity contribution in [3.8, 4) is 17.2 Å². The largest absolute Gasteiger partial charge is 0.493 e. The summed E-state index contributed by atoms with van der Waals surface area (Å²) >= 11 is 0. The topological polar surface area (TPSA) is 88.1 Å². The van der Waals surface area contributed by atoms with Crippen LogP contribution in [0.25, 0.3) is 0 Å². The molecule has 9 nitrogen and oxygen atoms in total. The normalized spacial score (nSPS) is 13.3. The molecule has 0 N–H and O–H groups in total. The molecular weight excluding hydrogens is 483 g/mol. The Labute approximate surface area is 217 Å². The summed E-state index contributed by atoms with van der Waals surface area (Å²) in [6.07, 6.45) is 1.40. The smallest absolute Gasteiger partial charge is 0.276 e. The molecule has 0 unspecified atom stereocenters. The van der Waals surface area contributed by atoms with E-state index in [2.05, 4.69) is 5.10 Å². The zero-order chi connectivity index (χ0) is 26.5. The molecule has 1 aliphatic rings. The number of nitrogens with zero attached hydrogens (tertiary/aromatic N) is 2. The van der Waals surface area contributed by atoms with E-state index in [1.165, 1.54) is 17.1 Å². The number of hydrogen-bond donors (Lipinski definition) is 0. The van der Waals surface area contributed by atoms with E-state index in [1.54, 1.807) is 20.3 Å². The van der Waals surface area contributed by atoms with Gasteiger partial charge in [0.1, 0.15) is 18.2 Å². The van der Waals surface area contributed by atoms with Gasteiger partial charge in [-0.3, -0.25) is 4.79 Å². The standard InChI is InChI=1S/C27H35FN2O7/c1-4-36-26-18-20(7-10-25(26)33-3)24-6-5-11-30(29-24)27(31)22-9-8-21(19-23(22)28)37-17-16-35-15-14-34-13-12-32-2/h7-10,18-19H,4-6,11-17H2,1-3H3. The van der Waals surface area contributed by atoms with Crippen molar-refractivity contribution in [3.63, 3.8) is 0 Å². The SMILES string of the molecule is CCOc1cc(C2=NN(C(=O)c3ccc(OCCOCCOCCOC)cc3F)CCC2)ccc1OC. The fraction of sp³-hybridized carbons (Fsp3) is 0.481. The number of carbonyl (C=O) groups excluding carboxylic acids is 1. The summed E-state index contributed by atoms with van der Waals surface area (Å²) in [6.45, 7) is 5.31. The predicted molar refractivity (Wildman–Crippen MR) is 136 cm³/mol. The number of benzene rings is 2. The molecule has 0 saturated carbocycles. The van der Waals surface area contributed by atoms with E-state index in [0.717, 1.165) is 11.3 Å². The van der Waals surface area contributed by atoms with Crippen molar-refractivity contribution in [3.05, 3.63) is 53.3 Å². The molecule has 0 aromatic heterocycles. The van der Waals surface area contributed by atoms with E-state index in [9.17, 15) is 9.18 Å². The summed E-state index contributed by atoms with van der Waals surface area (Å²) in [5.74, 6) is 0.379. The number of ether oxygens (including phenoxy) is 6. The molecule has 0 bridgehead atoms. The summed E-state index contributed by atoms with van der Waals surface area (Å²) < 4.78 is 46.9. The second kappa shape index (κ2) is 15.1.